The summed E-state index contributed by atoms with van der Waals surface area (Å²) in [5, 5.41) is 0. The van der Waals surface area contributed by atoms with Gasteiger partial charge in [0.15, 0.2) is 0 Å². The number of methoxy groups -OCH3 is 1. The van der Waals surface area contributed by atoms with Gasteiger partial charge >= 0.3 is 0 Å². The van der Waals surface area contributed by atoms with Crippen LogP contribution in [0.1, 0.15) is 25.7 Å². The molecule has 0 aromatic rings. The van der Waals surface area contributed by atoms with Gasteiger partial charge in [0, 0.05) is 7.11 Å². The first-order valence-electron chi connectivity index (χ1n) is 5.15. The minimum absolute atomic E-state index is 0.411. The minimum Gasteiger partial charge on any atom is -0.359 e. The largest absolute Gasteiger partial charge is 0.359 e. The first kappa shape index (κ1) is 11.0. The number of nitrogens with two attached hydrogens (primary N) is 1. The van der Waals surface area contributed by atoms with Gasteiger partial charge in [0.05, 0.1) is 6.61 Å². The molecule has 2 atom stereocenters. The Balaban J connectivity index is 2.19. The zero-order chi connectivity index (χ0) is 9.52. The summed E-state index contributed by atoms with van der Waals surface area (Å²) in [4.78, 5) is 0. The van der Waals surface area contributed by atoms with Crippen molar-refractivity contribution in [3.8, 4) is 0 Å². The molecule has 0 saturated heterocycles. The van der Waals surface area contributed by atoms with E-state index < -0.39 is 0 Å². The Morgan fingerprint density at radius 3 is 2.54 bits per heavy atom. The topological polar surface area (TPSA) is 44.5 Å². The standard InChI is InChI=1S/C10H21NO2/c1-12-8-13-7-10-5-3-2-4-9(10)6-11/h9-10H,2-8,11H2,1H3. The summed E-state index contributed by atoms with van der Waals surface area (Å²) >= 11 is 0. The molecule has 0 aromatic carbocycles. The molecule has 0 bridgehead atoms. The van der Waals surface area contributed by atoms with Crippen LogP contribution in [0.2, 0.25) is 0 Å². The second-order valence-corrected chi connectivity index (χ2v) is 3.82. The fourth-order valence-corrected chi connectivity index (χ4v) is 2.10. The molecule has 13 heavy (non-hydrogen) atoms. The summed E-state index contributed by atoms with van der Waals surface area (Å²) in [6.07, 6.45) is 5.21. The lowest BCUT2D eigenvalue weighted by Crippen LogP contribution is -2.30. The van der Waals surface area contributed by atoms with Gasteiger partial charge in [0.1, 0.15) is 6.79 Å². The zero-order valence-corrected chi connectivity index (χ0v) is 8.50. The van der Waals surface area contributed by atoms with Crippen LogP contribution in [0.5, 0.6) is 0 Å². The molecule has 1 aliphatic carbocycles. The molecular formula is C10H21NO2. The Labute approximate surface area is 80.6 Å². The molecule has 1 aliphatic rings. The molecule has 0 heterocycles. The van der Waals surface area contributed by atoms with E-state index in [1.807, 2.05) is 0 Å². The second-order valence-electron chi connectivity index (χ2n) is 3.82. The number of rotatable bonds is 5. The van der Waals surface area contributed by atoms with Crippen molar-refractivity contribution in [1.82, 2.24) is 0 Å². The molecule has 1 rings (SSSR count). The van der Waals surface area contributed by atoms with E-state index in [0.717, 1.165) is 13.2 Å². The van der Waals surface area contributed by atoms with E-state index in [1.54, 1.807) is 7.11 Å². The Bertz CT molecular complexity index is 130. The van der Waals surface area contributed by atoms with Crippen LogP contribution >= 0.6 is 0 Å². The van der Waals surface area contributed by atoms with Crippen molar-refractivity contribution in [2.75, 3.05) is 27.1 Å². The van der Waals surface area contributed by atoms with Crippen molar-refractivity contribution in [3.05, 3.63) is 0 Å². The van der Waals surface area contributed by atoms with Gasteiger partial charge in [-0.1, -0.05) is 12.8 Å². The highest BCUT2D eigenvalue weighted by molar-refractivity contribution is 4.75. The second kappa shape index (κ2) is 6.35. The van der Waals surface area contributed by atoms with Gasteiger partial charge in [-0.15, -0.1) is 0 Å². The van der Waals surface area contributed by atoms with Crippen molar-refractivity contribution in [2.45, 2.75) is 25.7 Å². The Morgan fingerprint density at radius 1 is 1.23 bits per heavy atom. The third-order valence-corrected chi connectivity index (χ3v) is 2.90. The highest BCUT2D eigenvalue weighted by Gasteiger charge is 2.23. The Morgan fingerprint density at radius 2 is 1.92 bits per heavy atom. The molecule has 0 spiro atoms. The van der Waals surface area contributed by atoms with E-state index in [2.05, 4.69) is 0 Å². The van der Waals surface area contributed by atoms with Crippen LogP contribution in [0.4, 0.5) is 0 Å². The molecular weight excluding hydrogens is 166 g/mol. The predicted octanol–water partition coefficient (Wildman–Crippen LogP) is 1.37. The van der Waals surface area contributed by atoms with Gasteiger partial charge in [0.2, 0.25) is 0 Å². The van der Waals surface area contributed by atoms with Crippen LogP contribution in [0.25, 0.3) is 0 Å². The van der Waals surface area contributed by atoms with Crippen LogP contribution in [0, 0.1) is 11.8 Å². The third kappa shape index (κ3) is 3.63. The minimum atomic E-state index is 0.411. The normalized spacial score (nSPS) is 29.1. The molecule has 2 unspecified atom stereocenters. The van der Waals surface area contributed by atoms with E-state index in [9.17, 15) is 0 Å². The summed E-state index contributed by atoms with van der Waals surface area (Å²) in [5.74, 6) is 1.33. The summed E-state index contributed by atoms with van der Waals surface area (Å²) < 4.78 is 10.2. The van der Waals surface area contributed by atoms with Crippen LogP contribution < -0.4 is 5.73 Å². The maximum absolute atomic E-state index is 5.71. The SMILES string of the molecule is COCOCC1CCCCC1CN. The Hall–Kier alpha value is -0.120. The van der Waals surface area contributed by atoms with Crippen LogP contribution in [0.3, 0.4) is 0 Å². The first-order valence-corrected chi connectivity index (χ1v) is 5.15. The number of ether oxygens (including phenoxy) is 2. The van der Waals surface area contributed by atoms with Gasteiger partial charge in [0.25, 0.3) is 0 Å². The van der Waals surface area contributed by atoms with E-state index in [-0.39, 0.29) is 0 Å². The molecule has 0 aliphatic heterocycles. The highest BCUT2D eigenvalue weighted by atomic mass is 16.7. The molecule has 0 radical (unpaired) electrons. The lowest BCUT2D eigenvalue weighted by molar-refractivity contribution is -0.0541. The van der Waals surface area contributed by atoms with Gasteiger partial charge in [-0.2, -0.15) is 0 Å². The average Bonchev–Trinajstić information content (AvgIpc) is 2.19. The van der Waals surface area contributed by atoms with Crippen molar-refractivity contribution < 1.29 is 9.47 Å². The molecule has 3 heteroatoms. The van der Waals surface area contributed by atoms with Crippen molar-refractivity contribution in [1.29, 1.82) is 0 Å². The maximum atomic E-state index is 5.71. The number of hydrogen-bond acceptors (Lipinski definition) is 3. The molecule has 1 saturated carbocycles. The summed E-state index contributed by atoms with van der Waals surface area (Å²) in [6, 6.07) is 0. The molecule has 2 N–H and O–H groups in total. The zero-order valence-electron chi connectivity index (χ0n) is 8.50. The van der Waals surface area contributed by atoms with Crippen LogP contribution in [-0.2, 0) is 9.47 Å². The smallest absolute Gasteiger partial charge is 0.146 e. The first-order chi connectivity index (χ1) is 6.38. The average molecular weight is 187 g/mol. The summed E-state index contributed by atoms with van der Waals surface area (Å²) in [7, 11) is 1.65. The third-order valence-electron chi connectivity index (χ3n) is 2.90. The summed E-state index contributed by atoms with van der Waals surface area (Å²) in [6.45, 7) is 2.03. The van der Waals surface area contributed by atoms with E-state index >= 15 is 0 Å². The van der Waals surface area contributed by atoms with Crippen molar-refractivity contribution >= 4 is 0 Å². The van der Waals surface area contributed by atoms with Gasteiger partial charge in [-0.3, -0.25) is 0 Å². The Kier molecular flexibility index (Phi) is 5.35. The molecule has 0 amide bonds. The van der Waals surface area contributed by atoms with E-state index in [1.165, 1.54) is 25.7 Å². The van der Waals surface area contributed by atoms with E-state index in [0.29, 0.717) is 18.6 Å². The van der Waals surface area contributed by atoms with Crippen molar-refractivity contribution in [2.24, 2.45) is 17.6 Å². The predicted molar refractivity (Wildman–Crippen MR) is 52.3 cm³/mol. The fraction of sp³-hybridized carbons (Fsp3) is 1.00. The quantitative estimate of drug-likeness (QED) is 0.522. The molecule has 3 nitrogen and oxygen atoms in total. The summed E-state index contributed by atoms with van der Waals surface area (Å²) in [5.41, 5.74) is 5.71. The van der Waals surface area contributed by atoms with Crippen LogP contribution in [0.15, 0.2) is 0 Å². The van der Waals surface area contributed by atoms with Gasteiger partial charge in [-0.25, -0.2) is 0 Å². The van der Waals surface area contributed by atoms with Crippen LogP contribution in [-0.4, -0.2) is 27.1 Å². The monoisotopic (exact) mass is 187 g/mol. The molecule has 78 valence electrons. The number of hydrogen-bond donors (Lipinski definition) is 1. The lowest BCUT2D eigenvalue weighted by atomic mass is 9.80. The highest BCUT2D eigenvalue weighted by Crippen LogP contribution is 2.29. The lowest BCUT2D eigenvalue weighted by Gasteiger charge is -2.30. The maximum Gasteiger partial charge on any atom is 0.146 e. The molecule has 0 aromatic heterocycles. The van der Waals surface area contributed by atoms with Gasteiger partial charge < -0.3 is 15.2 Å². The van der Waals surface area contributed by atoms with Crippen molar-refractivity contribution in [3.63, 3.8) is 0 Å². The van der Waals surface area contributed by atoms with E-state index in [4.69, 9.17) is 15.2 Å². The van der Waals surface area contributed by atoms with Gasteiger partial charge in [-0.05, 0) is 31.2 Å². The fourth-order valence-electron chi connectivity index (χ4n) is 2.10. The molecule has 1 fully saturated rings.